The largest absolute Gasteiger partial charge is 0.335 e. The number of hydrogen-bond acceptors (Lipinski definition) is 4. The molecular weight excluding hydrogens is 266 g/mol. The Morgan fingerprint density at radius 2 is 2.05 bits per heavy atom. The molecule has 21 heavy (non-hydrogen) atoms. The van der Waals surface area contributed by atoms with Gasteiger partial charge in [-0.2, -0.15) is 10.2 Å². The molecule has 1 saturated heterocycles. The van der Waals surface area contributed by atoms with Crippen LogP contribution in [-0.4, -0.2) is 39.4 Å². The molecule has 0 radical (unpaired) electrons. The average Bonchev–Trinajstić information content (AvgIpc) is 3.08. The van der Waals surface area contributed by atoms with Crippen LogP contribution in [0.15, 0.2) is 6.07 Å². The summed E-state index contributed by atoms with van der Waals surface area (Å²) in [6.45, 7) is 4.39. The standard InChI is InChI=1S/C16H21N3O2/c1-10-9-13(11(2)18-17-10)16(21)19-8-4-6-14(19)12-5-3-7-15(12)20/h9,12,14H,3-8H2,1-2H3. The van der Waals surface area contributed by atoms with Crippen molar-refractivity contribution in [1.82, 2.24) is 15.1 Å². The Bertz CT molecular complexity index is 585. The van der Waals surface area contributed by atoms with E-state index >= 15 is 0 Å². The second-order valence-corrected chi connectivity index (χ2v) is 6.16. The number of Topliss-reactive ketones (excluding diaryl/α,β-unsaturated/α-hetero) is 1. The van der Waals surface area contributed by atoms with Crippen molar-refractivity contribution in [3.63, 3.8) is 0 Å². The van der Waals surface area contributed by atoms with Crippen molar-refractivity contribution in [2.24, 2.45) is 5.92 Å². The third-order valence-electron chi connectivity index (χ3n) is 4.71. The maximum atomic E-state index is 12.8. The maximum Gasteiger partial charge on any atom is 0.256 e. The Morgan fingerprint density at radius 1 is 1.24 bits per heavy atom. The van der Waals surface area contributed by atoms with Crippen LogP contribution in [0.5, 0.6) is 0 Å². The van der Waals surface area contributed by atoms with Crippen LogP contribution in [0.1, 0.15) is 53.8 Å². The first-order chi connectivity index (χ1) is 10.1. The lowest BCUT2D eigenvalue weighted by atomic mass is 9.94. The zero-order chi connectivity index (χ0) is 15.0. The van der Waals surface area contributed by atoms with Crippen molar-refractivity contribution in [1.29, 1.82) is 0 Å². The molecule has 0 aromatic carbocycles. The van der Waals surface area contributed by atoms with E-state index in [-0.39, 0.29) is 17.9 Å². The second-order valence-electron chi connectivity index (χ2n) is 6.16. The number of nitrogens with zero attached hydrogens (tertiary/aromatic N) is 3. The summed E-state index contributed by atoms with van der Waals surface area (Å²) < 4.78 is 0. The van der Waals surface area contributed by atoms with E-state index in [4.69, 9.17) is 0 Å². The van der Waals surface area contributed by atoms with Crippen LogP contribution < -0.4 is 0 Å². The second kappa shape index (κ2) is 5.54. The smallest absolute Gasteiger partial charge is 0.256 e. The number of likely N-dealkylation sites (tertiary alicyclic amines) is 1. The Hall–Kier alpha value is -1.78. The van der Waals surface area contributed by atoms with Gasteiger partial charge in [-0.15, -0.1) is 0 Å². The third kappa shape index (κ3) is 2.57. The van der Waals surface area contributed by atoms with Gasteiger partial charge in [-0.3, -0.25) is 9.59 Å². The van der Waals surface area contributed by atoms with E-state index in [0.717, 1.165) is 37.9 Å². The first-order valence-corrected chi connectivity index (χ1v) is 7.72. The number of amides is 1. The Morgan fingerprint density at radius 3 is 2.76 bits per heavy atom. The van der Waals surface area contributed by atoms with Crippen molar-refractivity contribution in [2.45, 2.75) is 52.0 Å². The van der Waals surface area contributed by atoms with Gasteiger partial charge in [0.25, 0.3) is 5.91 Å². The lowest BCUT2D eigenvalue weighted by Crippen LogP contribution is -2.41. The van der Waals surface area contributed by atoms with E-state index in [1.54, 1.807) is 6.07 Å². The highest BCUT2D eigenvalue weighted by Crippen LogP contribution is 2.34. The minimum atomic E-state index is 0.00713. The number of aromatic nitrogens is 2. The van der Waals surface area contributed by atoms with E-state index in [1.807, 2.05) is 18.7 Å². The van der Waals surface area contributed by atoms with Gasteiger partial charge in [0.15, 0.2) is 0 Å². The van der Waals surface area contributed by atoms with Crippen LogP contribution in [0.2, 0.25) is 0 Å². The van der Waals surface area contributed by atoms with Gasteiger partial charge in [-0.25, -0.2) is 0 Å². The van der Waals surface area contributed by atoms with Crippen molar-refractivity contribution in [3.05, 3.63) is 23.0 Å². The lowest BCUT2D eigenvalue weighted by Gasteiger charge is -2.29. The Labute approximate surface area is 124 Å². The molecule has 2 aliphatic rings. The van der Waals surface area contributed by atoms with Crippen molar-refractivity contribution in [2.75, 3.05) is 6.54 Å². The Kier molecular flexibility index (Phi) is 3.74. The molecule has 2 fully saturated rings. The molecule has 1 saturated carbocycles. The number of carbonyl (C=O) groups excluding carboxylic acids is 2. The molecule has 0 spiro atoms. The normalized spacial score (nSPS) is 25.6. The number of ketones is 1. The van der Waals surface area contributed by atoms with Crippen LogP contribution in [0.3, 0.4) is 0 Å². The van der Waals surface area contributed by atoms with Crippen LogP contribution in [-0.2, 0) is 4.79 Å². The zero-order valence-corrected chi connectivity index (χ0v) is 12.6. The molecule has 2 atom stereocenters. The van der Waals surface area contributed by atoms with E-state index in [0.29, 0.717) is 23.5 Å². The monoisotopic (exact) mass is 287 g/mol. The van der Waals surface area contributed by atoms with Gasteiger partial charge in [-0.1, -0.05) is 0 Å². The highest BCUT2D eigenvalue weighted by molar-refractivity contribution is 5.96. The highest BCUT2D eigenvalue weighted by Gasteiger charge is 2.40. The van der Waals surface area contributed by atoms with Gasteiger partial charge in [0.1, 0.15) is 5.78 Å². The minimum absolute atomic E-state index is 0.00713. The maximum absolute atomic E-state index is 12.8. The van der Waals surface area contributed by atoms with Crippen LogP contribution >= 0.6 is 0 Å². The summed E-state index contributed by atoms with van der Waals surface area (Å²) in [5, 5.41) is 8.03. The van der Waals surface area contributed by atoms with Crippen molar-refractivity contribution >= 4 is 11.7 Å². The lowest BCUT2D eigenvalue weighted by molar-refractivity contribution is -0.121. The summed E-state index contributed by atoms with van der Waals surface area (Å²) in [6, 6.07) is 1.89. The fraction of sp³-hybridized carbons (Fsp3) is 0.625. The first-order valence-electron chi connectivity index (χ1n) is 7.72. The summed E-state index contributed by atoms with van der Waals surface area (Å²) in [6.07, 6.45) is 4.50. The number of rotatable bonds is 2. The third-order valence-corrected chi connectivity index (χ3v) is 4.71. The molecule has 1 aromatic rings. The number of hydrogen-bond donors (Lipinski definition) is 0. The predicted octanol–water partition coefficient (Wildman–Crippen LogP) is 2.07. The zero-order valence-electron chi connectivity index (χ0n) is 12.6. The molecule has 1 amide bonds. The molecule has 5 heteroatoms. The van der Waals surface area contributed by atoms with E-state index < -0.39 is 0 Å². The average molecular weight is 287 g/mol. The van der Waals surface area contributed by atoms with Gasteiger partial charge in [0.05, 0.1) is 17.0 Å². The predicted molar refractivity (Wildman–Crippen MR) is 77.9 cm³/mol. The molecular formula is C16H21N3O2. The minimum Gasteiger partial charge on any atom is -0.335 e. The van der Waals surface area contributed by atoms with Gasteiger partial charge < -0.3 is 4.90 Å². The quantitative estimate of drug-likeness (QED) is 0.835. The van der Waals surface area contributed by atoms with Crippen LogP contribution in [0.4, 0.5) is 0 Å². The molecule has 2 unspecified atom stereocenters. The molecule has 1 aliphatic heterocycles. The van der Waals surface area contributed by atoms with E-state index in [9.17, 15) is 9.59 Å². The molecule has 0 bridgehead atoms. The topological polar surface area (TPSA) is 63.2 Å². The highest BCUT2D eigenvalue weighted by atomic mass is 16.2. The summed E-state index contributed by atoms with van der Waals surface area (Å²) in [5.74, 6) is 0.390. The van der Waals surface area contributed by atoms with Gasteiger partial charge in [0.2, 0.25) is 0 Å². The van der Waals surface area contributed by atoms with Crippen LogP contribution in [0.25, 0.3) is 0 Å². The van der Waals surface area contributed by atoms with Gasteiger partial charge in [0, 0.05) is 24.9 Å². The number of carbonyl (C=O) groups is 2. The molecule has 0 N–H and O–H groups in total. The molecule has 1 aliphatic carbocycles. The molecule has 1 aromatic heterocycles. The molecule has 112 valence electrons. The number of aryl methyl sites for hydroxylation is 2. The fourth-order valence-corrected chi connectivity index (χ4v) is 3.63. The molecule has 3 rings (SSSR count). The van der Waals surface area contributed by atoms with E-state index in [1.165, 1.54) is 0 Å². The summed E-state index contributed by atoms with van der Waals surface area (Å²) in [4.78, 5) is 26.8. The summed E-state index contributed by atoms with van der Waals surface area (Å²) in [5.41, 5.74) is 2.03. The molecule has 5 nitrogen and oxygen atoms in total. The van der Waals surface area contributed by atoms with Gasteiger partial charge in [-0.05, 0) is 45.6 Å². The molecule has 2 heterocycles. The summed E-state index contributed by atoms with van der Waals surface area (Å²) >= 11 is 0. The summed E-state index contributed by atoms with van der Waals surface area (Å²) in [7, 11) is 0. The first kappa shape index (κ1) is 14.2. The van der Waals surface area contributed by atoms with Gasteiger partial charge >= 0.3 is 0 Å². The fourth-order valence-electron chi connectivity index (χ4n) is 3.63. The van der Waals surface area contributed by atoms with Crippen LogP contribution in [0, 0.1) is 19.8 Å². The van der Waals surface area contributed by atoms with E-state index in [2.05, 4.69) is 10.2 Å². The SMILES string of the molecule is Cc1cc(C(=O)N2CCCC2C2CCCC2=O)c(C)nn1. The Balaban J connectivity index is 1.86. The van der Waals surface area contributed by atoms with Crippen molar-refractivity contribution < 1.29 is 9.59 Å². The van der Waals surface area contributed by atoms with Crippen molar-refractivity contribution in [3.8, 4) is 0 Å².